The Morgan fingerprint density at radius 2 is 1.71 bits per heavy atom. The molecule has 1 aliphatic heterocycles. The lowest BCUT2D eigenvalue weighted by Gasteiger charge is -2.38. The first kappa shape index (κ1) is 12.0. The van der Waals surface area contributed by atoms with E-state index in [0.717, 1.165) is 19.6 Å². The Morgan fingerprint density at radius 3 is 2.14 bits per heavy atom. The molecule has 1 fully saturated rings. The molecule has 1 atom stereocenters. The molecule has 0 saturated carbocycles. The minimum absolute atomic E-state index is 0.156. The molecule has 0 bridgehead atoms. The maximum Gasteiger partial charge on any atom is 0.0689 e. The van der Waals surface area contributed by atoms with Crippen LogP contribution in [-0.2, 0) is 0 Å². The van der Waals surface area contributed by atoms with Crippen molar-refractivity contribution in [1.29, 1.82) is 0 Å². The maximum absolute atomic E-state index is 9.77. The third-order valence-corrected chi connectivity index (χ3v) is 3.42. The number of aliphatic hydroxyl groups is 1. The fraction of sp³-hybridized carbons (Fsp3) is 1.00. The summed E-state index contributed by atoms with van der Waals surface area (Å²) in [5.74, 6) is 0.380. The summed E-state index contributed by atoms with van der Waals surface area (Å²) in [7, 11) is 0. The molecule has 1 N–H and O–H groups in total. The van der Waals surface area contributed by atoms with E-state index in [-0.39, 0.29) is 6.10 Å². The molecular formula is C12H25NO. The van der Waals surface area contributed by atoms with Crippen LogP contribution in [0.2, 0.25) is 0 Å². The lowest BCUT2D eigenvalue weighted by atomic mass is 9.82. The molecule has 1 unspecified atom stereocenters. The Morgan fingerprint density at radius 1 is 1.21 bits per heavy atom. The lowest BCUT2D eigenvalue weighted by molar-refractivity contribution is 0.0477. The predicted molar refractivity (Wildman–Crippen MR) is 60.3 cm³/mol. The van der Waals surface area contributed by atoms with E-state index in [0.29, 0.717) is 11.3 Å². The Kier molecular flexibility index (Phi) is 3.96. The van der Waals surface area contributed by atoms with Crippen LogP contribution in [0.25, 0.3) is 0 Å². The first-order valence-corrected chi connectivity index (χ1v) is 5.81. The van der Waals surface area contributed by atoms with Gasteiger partial charge < -0.3 is 10.0 Å². The number of nitrogens with zero attached hydrogens (tertiary/aromatic N) is 1. The zero-order valence-corrected chi connectivity index (χ0v) is 10.1. The van der Waals surface area contributed by atoms with Gasteiger partial charge in [-0.1, -0.05) is 27.7 Å². The first-order chi connectivity index (χ1) is 6.41. The van der Waals surface area contributed by atoms with Crippen molar-refractivity contribution in [3.05, 3.63) is 0 Å². The highest BCUT2D eigenvalue weighted by atomic mass is 16.3. The summed E-state index contributed by atoms with van der Waals surface area (Å²) in [6.07, 6.45) is 2.37. The molecule has 84 valence electrons. The van der Waals surface area contributed by atoms with Crippen LogP contribution in [0.4, 0.5) is 0 Å². The highest BCUT2D eigenvalue weighted by Crippen LogP contribution is 2.29. The molecule has 1 aliphatic rings. The largest absolute Gasteiger partial charge is 0.392 e. The van der Waals surface area contributed by atoms with E-state index in [1.54, 1.807) is 0 Å². The van der Waals surface area contributed by atoms with E-state index >= 15 is 0 Å². The summed E-state index contributed by atoms with van der Waals surface area (Å²) in [6, 6.07) is 0. The Labute approximate surface area is 88.3 Å². The molecule has 2 heteroatoms. The van der Waals surface area contributed by atoms with Gasteiger partial charge in [-0.05, 0) is 37.3 Å². The molecule has 1 saturated heterocycles. The molecule has 0 spiro atoms. The summed E-state index contributed by atoms with van der Waals surface area (Å²) < 4.78 is 0. The number of β-amino-alcohol motifs (C(OH)–C–C–N with tert-alkyl or cyclic N) is 1. The second-order valence-electron chi connectivity index (χ2n) is 5.78. The fourth-order valence-corrected chi connectivity index (χ4v) is 1.82. The molecule has 14 heavy (non-hydrogen) atoms. The van der Waals surface area contributed by atoms with Gasteiger partial charge in [0, 0.05) is 6.54 Å². The molecule has 0 aliphatic carbocycles. The van der Waals surface area contributed by atoms with E-state index < -0.39 is 0 Å². The third-order valence-electron chi connectivity index (χ3n) is 3.42. The van der Waals surface area contributed by atoms with E-state index in [4.69, 9.17) is 0 Å². The van der Waals surface area contributed by atoms with Gasteiger partial charge in [-0.2, -0.15) is 0 Å². The molecule has 0 aromatic heterocycles. The summed E-state index contributed by atoms with van der Waals surface area (Å²) >= 11 is 0. The van der Waals surface area contributed by atoms with Gasteiger partial charge in [0.15, 0.2) is 0 Å². The van der Waals surface area contributed by atoms with Crippen LogP contribution in [0.15, 0.2) is 0 Å². The predicted octanol–water partition coefficient (Wildman–Crippen LogP) is 2.13. The van der Waals surface area contributed by atoms with Crippen LogP contribution < -0.4 is 0 Å². The standard InChI is InChI=1S/C12H25NO/c1-10(2)11(14)9-13-7-5-12(3,4)6-8-13/h10-11,14H,5-9H2,1-4H3. The van der Waals surface area contributed by atoms with Crippen LogP contribution in [0, 0.1) is 11.3 Å². The second-order valence-corrected chi connectivity index (χ2v) is 5.78. The van der Waals surface area contributed by atoms with Crippen molar-refractivity contribution in [2.75, 3.05) is 19.6 Å². The lowest BCUT2D eigenvalue weighted by Crippen LogP contribution is -2.42. The number of hydrogen-bond donors (Lipinski definition) is 1. The normalized spacial score (nSPS) is 25.3. The van der Waals surface area contributed by atoms with Gasteiger partial charge in [-0.25, -0.2) is 0 Å². The van der Waals surface area contributed by atoms with Gasteiger partial charge in [0.05, 0.1) is 6.10 Å². The van der Waals surface area contributed by atoms with Crippen molar-refractivity contribution in [2.24, 2.45) is 11.3 Å². The topological polar surface area (TPSA) is 23.5 Å². The molecule has 1 rings (SSSR count). The van der Waals surface area contributed by atoms with Crippen molar-refractivity contribution in [2.45, 2.75) is 46.6 Å². The van der Waals surface area contributed by atoms with E-state index in [1.165, 1.54) is 12.8 Å². The van der Waals surface area contributed by atoms with Crippen LogP contribution in [0.5, 0.6) is 0 Å². The smallest absolute Gasteiger partial charge is 0.0689 e. The van der Waals surface area contributed by atoms with Gasteiger partial charge >= 0.3 is 0 Å². The molecule has 0 amide bonds. The highest BCUT2D eigenvalue weighted by Gasteiger charge is 2.26. The zero-order valence-electron chi connectivity index (χ0n) is 10.1. The van der Waals surface area contributed by atoms with Gasteiger partial charge in [0.1, 0.15) is 0 Å². The zero-order chi connectivity index (χ0) is 10.8. The van der Waals surface area contributed by atoms with Crippen LogP contribution in [-0.4, -0.2) is 35.7 Å². The molecule has 1 heterocycles. The molecular weight excluding hydrogens is 174 g/mol. The second kappa shape index (κ2) is 4.63. The summed E-state index contributed by atoms with van der Waals surface area (Å²) in [6.45, 7) is 12.0. The van der Waals surface area contributed by atoms with Crippen LogP contribution >= 0.6 is 0 Å². The Hall–Kier alpha value is -0.0800. The Bertz CT molecular complexity index is 167. The molecule has 2 nitrogen and oxygen atoms in total. The monoisotopic (exact) mass is 199 g/mol. The van der Waals surface area contributed by atoms with Crippen LogP contribution in [0.3, 0.4) is 0 Å². The van der Waals surface area contributed by atoms with E-state index in [2.05, 4.69) is 32.6 Å². The first-order valence-electron chi connectivity index (χ1n) is 5.81. The number of aliphatic hydroxyl groups excluding tert-OH is 1. The van der Waals surface area contributed by atoms with Gasteiger partial charge in [0.2, 0.25) is 0 Å². The number of rotatable bonds is 3. The van der Waals surface area contributed by atoms with E-state index in [1.807, 2.05) is 0 Å². The summed E-state index contributed by atoms with van der Waals surface area (Å²) in [5, 5.41) is 9.77. The number of likely N-dealkylation sites (tertiary alicyclic amines) is 1. The van der Waals surface area contributed by atoms with Crippen molar-refractivity contribution in [3.8, 4) is 0 Å². The third kappa shape index (κ3) is 3.58. The Balaban J connectivity index is 2.29. The average Bonchev–Trinajstić information content (AvgIpc) is 2.08. The molecule has 0 aromatic rings. The minimum atomic E-state index is -0.156. The van der Waals surface area contributed by atoms with E-state index in [9.17, 15) is 5.11 Å². The minimum Gasteiger partial charge on any atom is -0.392 e. The highest BCUT2D eigenvalue weighted by molar-refractivity contribution is 4.80. The molecule has 0 aromatic carbocycles. The van der Waals surface area contributed by atoms with Gasteiger partial charge in [0.25, 0.3) is 0 Å². The van der Waals surface area contributed by atoms with Crippen molar-refractivity contribution in [3.63, 3.8) is 0 Å². The molecule has 0 radical (unpaired) electrons. The van der Waals surface area contributed by atoms with Crippen molar-refractivity contribution >= 4 is 0 Å². The SMILES string of the molecule is CC(C)C(O)CN1CCC(C)(C)CC1. The van der Waals surface area contributed by atoms with Crippen molar-refractivity contribution < 1.29 is 5.11 Å². The van der Waals surface area contributed by atoms with Crippen LogP contribution in [0.1, 0.15) is 40.5 Å². The quantitative estimate of drug-likeness (QED) is 0.752. The van der Waals surface area contributed by atoms with Gasteiger partial charge in [-0.15, -0.1) is 0 Å². The number of hydrogen-bond acceptors (Lipinski definition) is 2. The summed E-state index contributed by atoms with van der Waals surface area (Å²) in [5.41, 5.74) is 0.513. The average molecular weight is 199 g/mol. The fourth-order valence-electron chi connectivity index (χ4n) is 1.82. The number of piperidine rings is 1. The van der Waals surface area contributed by atoms with Crippen molar-refractivity contribution in [1.82, 2.24) is 4.90 Å². The maximum atomic E-state index is 9.77. The van der Waals surface area contributed by atoms with Gasteiger partial charge in [-0.3, -0.25) is 0 Å². The summed E-state index contributed by atoms with van der Waals surface area (Å²) in [4.78, 5) is 2.40.